The molecule has 1 amide bonds. The van der Waals surface area contributed by atoms with Gasteiger partial charge in [-0.25, -0.2) is 13.1 Å². The van der Waals surface area contributed by atoms with Gasteiger partial charge in [0.1, 0.15) is 9.84 Å². The monoisotopic (exact) mass is 402 g/mol. The molecule has 0 atom stereocenters. The standard InChI is InChI=1S/C20H26N4O3S/c1-28(26,27)15-14-22-10-12-23(13-11-22)20(25)19-17-8-5-9-18(17)24(21-19)16-6-3-2-4-7-16/h2-4,6-7H,5,8-15H2,1H3. The predicted molar refractivity (Wildman–Crippen MR) is 108 cm³/mol. The largest absolute Gasteiger partial charge is 0.335 e. The molecular formula is C20H26N4O3S. The fourth-order valence-electron chi connectivity index (χ4n) is 4.01. The summed E-state index contributed by atoms with van der Waals surface area (Å²) < 4.78 is 24.6. The van der Waals surface area contributed by atoms with Crippen molar-refractivity contribution in [3.63, 3.8) is 0 Å². The molecule has 0 bridgehead atoms. The second-order valence-corrected chi connectivity index (χ2v) is 9.90. The molecule has 7 nitrogen and oxygen atoms in total. The number of rotatable bonds is 5. The van der Waals surface area contributed by atoms with Gasteiger partial charge in [-0.3, -0.25) is 9.69 Å². The Morgan fingerprint density at radius 1 is 1.07 bits per heavy atom. The van der Waals surface area contributed by atoms with E-state index >= 15 is 0 Å². The quantitative estimate of drug-likeness (QED) is 0.750. The van der Waals surface area contributed by atoms with Crippen LogP contribution < -0.4 is 0 Å². The number of para-hydroxylation sites is 1. The third kappa shape index (κ3) is 3.98. The van der Waals surface area contributed by atoms with E-state index in [-0.39, 0.29) is 11.7 Å². The van der Waals surface area contributed by atoms with Gasteiger partial charge in [0.25, 0.3) is 5.91 Å². The van der Waals surface area contributed by atoms with Crippen molar-refractivity contribution in [3.05, 3.63) is 47.3 Å². The maximum atomic E-state index is 13.2. The number of benzene rings is 1. The highest BCUT2D eigenvalue weighted by molar-refractivity contribution is 7.90. The van der Waals surface area contributed by atoms with Crippen molar-refractivity contribution >= 4 is 15.7 Å². The average Bonchev–Trinajstić information content (AvgIpc) is 3.29. The number of aromatic nitrogens is 2. The SMILES string of the molecule is CS(=O)(=O)CCN1CCN(C(=O)c2nn(-c3ccccc3)c3c2CCC3)CC1. The Morgan fingerprint density at radius 2 is 1.79 bits per heavy atom. The van der Waals surface area contributed by atoms with E-state index in [1.807, 2.05) is 39.9 Å². The summed E-state index contributed by atoms with van der Waals surface area (Å²) in [5.41, 5.74) is 3.82. The molecule has 1 saturated heterocycles. The van der Waals surface area contributed by atoms with Gasteiger partial charge in [0.2, 0.25) is 0 Å². The molecule has 0 N–H and O–H groups in total. The minimum atomic E-state index is -2.96. The zero-order valence-electron chi connectivity index (χ0n) is 16.2. The number of sulfone groups is 1. The summed E-state index contributed by atoms with van der Waals surface area (Å²) in [6.45, 7) is 3.13. The highest BCUT2D eigenvalue weighted by atomic mass is 32.2. The second kappa shape index (κ2) is 7.67. The van der Waals surface area contributed by atoms with Crippen molar-refractivity contribution in [1.82, 2.24) is 19.6 Å². The number of piperazine rings is 1. The van der Waals surface area contributed by atoms with E-state index < -0.39 is 9.84 Å². The van der Waals surface area contributed by atoms with Gasteiger partial charge in [-0.1, -0.05) is 18.2 Å². The van der Waals surface area contributed by atoms with Crippen molar-refractivity contribution in [2.75, 3.05) is 44.7 Å². The van der Waals surface area contributed by atoms with Crippen molar-refractivity contribution in [2.24, 2.45) is 0 Å². The van der Waals surface area contributed by atoms with E-state index in [4.69, 9.17) is 5.10 Å². The number of carbonyl (C=O) groups is 1. The van der Waals surface area contributed by atoms with Crippen LogP contribution in [0.3, 0.4) is 0 Å². The van der Waals surface area contributed by atoms with Crippen molar-refractivity contribution in [3.8, 4) is 5.69 Å². The molecule has 0 saturated carbocycles. The predicted octanol–water partition coefficient (Wildman–Crippen LogP) is 1.16. The number of hydrogen-bond donors (Lipinski definition) is 0. The molecule has 150 valence electrons. The Hall–Kier alpha value is -2.19. The van der Waals surface area contributed by atoms with Crippen LogP contribution in [-0.4, -0.2) is 78.6 Å². The lowest BCUT2D eigenvalue weighted by molar-refractivity contribution is 0.0636. The highest BCUT2D eigenvalue weighted by Crippen LogP contribution is 2.28. The molecule has 1 aliphatic heterocycles. The second-order valence-electron chi connectivity index (χ2n) is 7.64. The van der Waals surface area contributed by atoms with Crippen LogP contribution in [-0.2, 0) is 22.7 Å². The summed E-state index contributed by atoms with van der Waals surface area (Å²) in [5.74, 6) is 0.159. The Kier molecular flexibility index (Phi) is 5.25. The summed E-state index contributed by atoms with van der Waals surface area (Å²) in [6, 6.07) is 9.97. The fraction of sp³-hybridized carbons (Fsp3) is 0.500. The molecule has 1 aliphatic carbocycles. The number of hydrogen-bond acceptors (Lipinski definition) is 5. The zero-order valence-corrected chi connectivity index (χ0v) is 17.0. The molecule has 28 heavy (non-hydrogen) atoms. The average molecular weight is 403 g/mol. The van der Waals surface area contributed by atoms with Crippen molar-refractivity contribution in [2.45, 2.75) is 19.3 Å². The smallest absolute Gasteiger partial charge is 0.274 e. The van der Waals surface area contributed by atoms with E-state index in [0.717, 1.165) is 36.2 Å². The minimum absolute atomic E-state index is 0.00408. The molecular weight excluding hydrogens is 376 g/mol. The number of nitrogens with zero attached hydrogens (tertiary/aromatic N) is 4. The zero-order chi connectivity index (χ0) is 19.7. The lowest BCUT2D eigenvalue weighted by Crippen LogP contribution is -2.49. The lowest BCUT2D eigenvalue weighted by atomic mass is 10.1. The van der Waals surface area contributed by atoms with Gasteiger partial charge in [0.05, 0.1) is 11.4 Å². The molecule has 2 aliphatic rings. The van der Waals surface area contributed by atoms with Gasteiger partial charge in [-0.2, -0.15) is 5.10 Å². The van der Waals surface area contributed by atoms with Gasteiger partial charge in [0, 0.05) is 50.2 Å². The van der Waals surface area contributed by atoms with Crippen LogP contribution in [0.5, 0.6) is 0 Å². The van der Waals surface area contributed by atoms with E-state index in [2.05, 4.69) is 4.90 Å². The molecule has 2 heterocycles. The Balaban J connectivity index is 1.48. The van der Waals surface area contributed by atoms with Crippen LogP contribution in [0, 0.1) is 0 Å². The van der Waals surface area contributed by atoms with Gasteiger partial charge in [0.15, 0.2) is 5.69 Å². The maximum Gasteiger partial charge on any atom is 0.274 e. The van der Waals surface area contributed by atoms with Crippen LogP contribution >= 0.6 is 0 Å². The Labute approximate surface area is 165 Å². The molecule has 2 aromatic rings. The van der Waals surface area contributed by atoms with E-state index in [1.165, 1.54) is 6.26 Å². The summed E-state index contributed by atoms with van der Waals surface area (Å²) in [6.07, 6.45) is 4.16. The molecule has 1 aromatic carbocycles. The van der Waals surface area contributed by atoms with Crippen LogP contribution in [0.1, 0.15) is 28.2 Å². The highest BCUT2D eigenvalue weighted by Gasteiger charge is 2.31. The third-order valence-electron chi connectivity index (χ3n) is 5.57. The molecule has 1 fully saturated rings. The Bertz CT molecular complexity index is 961. The van der Waals surface area contributed by atoms with Crippen LogP contribution in [0.2, 0.25) is 0 Å². The van der Waals surface area contributed by atoms with Gasteiger partial charge < -0.3 is 4.90 Å². The molecule has 1 aromatic heterocycles. The Morgan fingerprint density at radius 3 is 2.46 bits per heavy atom. The third-order valence-corrected chi connectivity index (χ3v) is 6.50. The van der Waals surface area contributed by atoms with E-state index in [1.54, 1.807) is 0 Å². The molecule has 4 rings (SSSR count). The van der Waals surface area contributed by atoms with Gasteiger partial charge in [-0.05, 0) is 31.4 Å². The number of amides is 1. The molecule has 0 unspecified atom stereocenters. The first-order valence-electron chi connectivity index (χ1n) is 9.78. The van der Waals surface area contributed by atoms with Crippen molar-refractivity contribution < 1.29 is 13.2 Å². The summed E-state index contributed by atoms with van der Waals surface area (Å²) in [7, 11) is -2.96. The van der Waals surface area contributed by atoms with E-state index in [0.29, 0.717) is 38.4 Å². The number of fused-ring (bicyclic) bond motifs is 1. The maximum absolute atomic E-state index is 13.2. The first-order chi connectivity index (χ1) is 13.4. The first-order valence-corrected chi connectivity index (χ1v) is 11.8. The summed E-state index contributed by atoms with van der Waals surface area (Å²) in [5, 5.41) is 4.70. The summed E-state index contributed by atoms with van der Waals surface area (Å²) >= 11 is 0. The summed E-state index contributed by atoms with van der Waals surface area (Å²) in [4.78, 5) is 17.1. The minimum Gasteiger partial charge on any atom is -0.335 e. The topological polar surface area (TPSA) is 75.5 Å². The fourth-order valence-corrected chi connectivity index (χ4v) is 4.60. The first kappa shape index (κ1) is 19.1. The van der Waals surface area contributed by atoms with Crippen LogP contribution in [0.15, 0.2) is 30.3 Å². The number of carbonyl (C=O) groups excluding carboxylic acids is 1. The lowest BCUT2D eigenvalue weighted by Gasteiger charge is -2.34. The molecule has 8 heteroatoms. The van der Waals surface area contributed by atoms with Crippen molar-refractivity contribution in [1.29, 1.82) is 0 Å². The molecule has 0 radical (unpaired) electrons. The van der Waals surface area contributed by atoms with E-state index in [9.17, 15) is 13.2 Å². The van der Waals surface area contributed by atoms with Crippen LogP contribution in [0.4, 0.5) is 0 Å². The molecule has 0 spiro atoms. The van der Waals surface area contributed by atoms with Crippen LogP contribution in [0.25, 0.3) is 5.69 Å². The van der Waals surface area contributed by atoms with Gasteiger partial charge in [-0.15, -0.1) is 0 Å². The van der Waals surface area contributed by atoms with Gasteiger partial charge >= 0.3 is 0 Å². The normalized spacial score (nSPS) is 17.7.